The molecule has 1 aromatic carbocycles. The molecule has 1 aliphatic heterocycles. The first-order valence-electron chi connectivity index (χ1n) is 6.16. The molecule has 1 atom stereocenters. The van der Waals surface area contributed by atoms with E-state index in [0.717, 1.165) is 41.5 Å². The fourth-order valence-electron chi connectivity index (χ4n) is 2.45. The highest BCUT2D eigenvalue weighted by Gasteiger charge is 2.27. The Labute approximate surface area is 115 Å². The minimum Gasteiger partial charge on any atom is -0.398 e. The van der Waals surface area contributed by atoms with Crippen molar-refractivity contribution in [2.45, 2.75) is 31.8 Å². The molecular weight excluding hydrogens is 294 g/mol. The van der Waals surface area contributed by atoms with Gasteiger partial charge in [0.2, 0.25) is 5.91 Å². The molecule has 4 N–H and O–H groups in total. The molecule has 98 valence electrons. The van der Waals surface area contributed by atoms with Gasteiger partial charge in [-0.2, -0.15) is 0 Å². The normalized spacial score (nSPS) is 20.8. The fraction of sp³-hybridized carbons (Fsp3) is 0.462. The van der Waals surface area contributed by atoms with Gasteiger partial charge in [0.05, 0.1) is 6.04 Å². The van der Waals surface area contributed by atoms with Crippen LogP contribution in [-0.2, 0) is 11.3 Å². The summed E-state index contributed by atoms with van der Waals surface area (Å²) in [6, 6.07) is 5.59. The van der Waals surface area contributed by atoms with Crippen molar-refractivity contribution >= 4 is 27.5 Å². The number of carbonyl (C=O) groups is 1. The summed E-state index contributed by atoms with van der Waals surface area (Å²) in [7, 11) is 0. The van der Waals surface area contributed by atoms with Crippen LogP contribution in [0.4, 0.5) is 5.69 Å². The zero-order chi connectivity index (χ0) is 13.1. The Kier molecular flexibility index (Phi) is 4.24. The van der Waals surface area contributed by atoms with Crippen molar-refractivity contribution in [2.75, 3.05) is 12.3 Å². The molecule has 4 nitrogen and oxygen atoms in total. The Morgan fingerprint density at radius 2 is 2.22 bits per heavy atom. The van der Waals surface area contributed by atoms with Gasteiger partial charge in [-0.25, -0.2) is 0 Å². The highest BCUT2D eigenvalue weighted by atomic mass is 79.9. The lowest BCUT2D eigenvalue weighted by molar-refractivity contribution is -0.124. The molecule has 0 saturated carbocycles. The van der Waals surface area contributed by atoms with Gasteiger partial charge in [0.25, 0.3) is 0 Å². The SMILES string of the molecule is NC(=O)C1CCCCN1Cc1c(N)cccc1Br. The van der Waals surface area contributed by atoms with Crippen LogP contribution >= 0.6 is 15.9 Å². The Balaban J connectivity index is 2.18. The van der Waals surface area contributed by atoms with E-state index in [-0.39, 0.29) is 11.9 Å². The number of nitrogen functional groups attached to an aromatic ring is 1. The zero-order valence-corrected chi connectivity index (χ0v) is 11.8. The van der Waals surface area contributed by atoms with Crippen LogP contribution in [0.25, 0.3) is 0 Å². The van der Waals surface area contributed by atoms with E-state index in [1.165, 1.54) is 0 Å². The van der Waals surface area contributed by atoms with Gasteiger partial charge in [-0.05, 0) is 31.5 Å². The predicted molar refractivity (Wildman–Crippen MR) is 75.8 cm³/mol. The van der Waals surface area contributed by atoms with Crippen LogP contribution < -0.4 is 11.5 Å². The number of rotatable bonds is 3. The molecule has 1 unspecified atom stereocenters. The number of amides is 1. The Hall–Kier alpha value is -1.07. The molecular formula is C13H18BrN3O. The summed E-state index contributed by atoms with van der Waals surface area (Å²) in [6.07, 6.45) is 3.02. The summed E-state index contributed by atoms with van der Waals surface area (Å²) in [5.41, 5.74) is 13.2. The first-order valence-corrected chi connectivity index (χ1v) is 6.95. The van der Waals surface area contributed by atoms with Gasteiger partial charge in [-0.1, -0.05) is 28.4 Å². The second-order valence-electron chi connectivity index (χ2n) is 4.69. The average molecular weight is 312 g/mol. The molecule has 1 heterocycles. The van der Waals surface area contributed by atoms with Crippen molar-refractivity contribution in [2.24, 2.45) is 5.73 Å². The fourth-order valence-corrected chi connectivity index (χ4v) is 2.95. The number of likely N-dealkylation sites (tertiary alicyclic amines) is 1. The third-order valence-corrected chi connectivity index (χ3v) is 4.20. The molecule has 0 bridgehead atoms. The number of anilines is 1. The quantitative estimate of drug-likeness (QED) is 0.837. The molecule has 0 aromatic heterocycles. The Bertz CT molecular complexity index is 430. The van der Waals surface area contributed by atoms with Crippen molar-refractivity contribution in [1.29, 1.82) is 0 Å². The van der Waals surface area contributed by atoms with E-state index in [0.29, 0.717) is 6.54 Å². The number of carbonyl (C=O) groups excluding carboxylic acids is 1. The van der Waals surface area contributed by atoms with Gasteiger partial charge in [0.15, 0.2) is 0 Å². The van der Waals surface area contributed by atoms with Crippen LogP contribution in [-0.4, -0.2) is 23.4 Å². The standard InChI is InChI=1S/C13H18BrN3O/c14-10-4-3-5-11(15)9(10)8-17-7-2-1-6-12(17)13(16)18/h3-5,12H,1-2,6-8,15H2,(H2,16,18). The maximum Gasteiger partial charge on any atom is 0.234 e. The molecule has 1 aromatic rings. The van der Waals surface area contributed by atoms with Gasteiger partial charge < -0.3 is 11.5 Å². The third kappa shape index (κ3) is 2.84. The lowest BCUT2D eigenvalue weighted by Gasteiger charge is -2.34. The van der Waals surface area contributed by atoms with Crippen LogP contribution in [0, 0.1) is 0 Å². The highest BCUT2D eigenvalue weighted by Crippen LogP contribution is 2.27. The van der Waals surface area contributed by atoms with Crippen LogP contribution in [0.2, 0.25) is 0 Å². The van der Waals surface area contributed by atoms with Crippen molar-refractivity contribution in [1.82, 2.24) is 4.90 Å². The number of hydrogen-bond donors (Lipinski definition) is 2. The van der Waals surface area contributed by atoms with E-state index in [9.17, 15) is 4.79 Å². The van der Waals surface area contributed by atoms with E-state index < -0.39 is 0 Å². The first-order chi connectivity index (χ1) is 8.59. The highest BCUT2D eigenvalue weighted by molar-refractivity contribution is 9.10. The summed E-state index contributed by atoms with van der Waals surface area (Å²) in [5.74, 6) is -0.236. The van der Waals surface area contributed by atoms with Crippen LogP contribution in [0.3, 0.4) is 0 Å². The lowest BCUT2D eigenvalue weighted by Crippen LogP contribution is -2.47. The molecule has 2 rings (SSSR count). The number of piperidine rings is 1. The first kappa shape index (κ1) is 13.4. The number of hydrogen-bond acceptors (Lipinski definition) is 3. The summed E-state index contributed by atoms with van der Waals surface area (Å²) in [4.78, 5) is 13.6. The van der Waals surface area contributed by atoms with Gasteiger partial charge >= 0.3 is 0 Å². The van der Waals surface area contributed by atoms with Crippen molar-refractivity contribution in [3.63, 3.8) is 0 Å². The Morgan fingerprint density at radius 3 is 2.89 bits per heavy atom. The van der Waals surface area contributed by atoms with Gasteiger partial charge in [-0.3, -0.25) is 9.69 Å². The second-order valence-corrected chi connectivity index (χ2v) is 5.55. The Morgan fingerprint density at radius 1 is 1.44 bits per heavy atom. The maximum absolute atomic E-state index is 11.5. The second kappa shape index (κ2) is 5.71. The molecule has 0 radical (unpaired) electrons. The van der Waals surface area contributed by atoms with E-state index in [1.807, 2.05) is 18.2 Å². The molecule has 0 spiro atoms. The van der Waals surface area contributed by atoms with Crippen molar-refractivity contribution in [3.8, 4) is 0 Å². The number of primary amides is 1. The van der Waals surface area contributed by atoms with Gasteiger partial charge in [0.1, 0.15) is 0 Å². The van der Waals surface area contributed by atoms with Crippen LogP contribution in [0.1, 0.15) is 24.8 Å². The number of nitrogens with zero attached hydrogens (tertiary/aromatic N) is 1. The van der Waals surface area contributed by atoms with Crippen molar-refractivity contribution < 1.29 is 4.79 Å². The molecule has 1 amide bonds. The third-order valence-electron chi connectivity index (χ3n) is 3.46. The topological polar surface area (TPSA) is 72.4 Å². The molecule has 5 heteroatoms. The molecule has 1 aliphatic rings. The number of halogens is 1. The summed E-state index contributed by atoms with van der Waals surface area (Å²) in [5, 5.41) is 0. The van der Waals surface area contributed by atoms with Crippen LogP contribution in [0.5, 0.6) is 0 Å². The maximum atomic E-state index is 11.5. The largest absolute Gasteiger partial charge is 0.398 e. The number of benzene rings is 1. The zero-order valence-electron chi connectivity index (χ0n) is 10.2. The van der Waals surface area contributed by atoms with Crippen LogP contribution in [0.15, 0.2) is 22.7 Å². The number of nitrogens with two attached hydrogens (primary N) is 2. The predicted octanol–water partition coefficient (Wildman–Crippen LogP) is 1.87. The van der Waals surface area contributed by atoms with E-state index in [2.05, 4.69) is 20.8 Å². The summed E-state index contributed by atoms with van der Waals surface area (Å²) in [6.45, 7) is 1.56. The molecule has 1 saturated heterocycles. The summed E-state index contributed by atoms with van der Waals surface area (Å²) >= 11 is 3.51. The van der Waals surface area contributed by atoms with Crippen molar-refractivity contribution in [3.05, 3.63) is 28.2 Å². The molecule has 0 aliphatic carbocycles. The average Bonchev–Trinajstić information content (AvgIpc) is 2.34. The summed E-state index contributed by atoms with van der Waals surface area (Å²) < 4.78 is 0.983. The smallest absolute Gasteiger partial charge is 0.234 e. The minimum atomic E-state index is -0.236. The van der Waals surface area contributed by atoms with Gasteiger partial charge in [-0.15, -0.1) is 0 Å². The molecule has 1 fully saturated rings. The van der Waals surface area contributed by atoms with E-state index >= 15 is 0 Å². The van der Waals surface area contributed by atoms with Gasteiger partial charge in [0, 0.05) is 22.3 Å². The van der Waals surface area contributed by atoms with E-state index in [4.69, 9.17) is 11.5 Å². The van der Waals surface area contributed by atoms with E-state index in [1.54, 1.807) is 0 Å². The lowest BCUT2D eigenvalue weighted by atomic mass is 10.0. The molecule has 18 heavy (non-hydrogen) atoms. The minimum absolute atomic E-state index is 0.162. The monoisotopic (exact) mass is 311 g/mol.